The summed E-state index contributed by atoms with van der Waals surface area (Å²) in [5.74, 6) is 0.629. The third-order valence-corrected chi connectivity index (χ3v) is 1.72. The van der Waals surface area contributed by atoms with Crippen molar-refractivity contribution in [2.45, 2.75) is 6.92 Å². The zero-order chi connectivity index (χ0) is 9.14. The highest BCUT2D eigenvalue weighted by Gasteiger charge is 2.19. The highest BCUT2D eigenvalue weighted by Crippen LogP contribution is 1.89. The average molecular weight is 168 g/mol. The first-order valence-electron chi connectivity index (χ1n) is 3.96. The Hall–Kier alpha value is -1.32. The number of nitrogens with one attached hydrogen (secondary N) is 1. The minimum Gasteiger partial charge on any atom is -0.346 e. The smallest absolute Gasteiger partial charge is 0.346 e. The molecule has 0 saturated carbocycles. The molecule has 12 heavy (non-hydrogen) atoms. The Kier molecular flexibility index (Phi) is 2.47. The Balaban J connectivity index is 2.93. The molecule has 0 fully saturated rings. The Morgan fingerprint density at radius 2 is 2.42 bits per heavy atom. The number of nitrogens with zero attached hydrogens (tertiary/aromatic N) is 2. The standard InChI is InChI=1S/C8H13N3O/c1-4-9-7(12)8-10(2)5-6-11(8)3/h5-6H,4H2,1-3H3/p+1. The van der Waals surface area contributed by atoms with Gasteiger partial charge in [0.1, 0.15) is 12.4 Å². The summed E-state index contributed by atoms with van der Waals surface area (Å²) in [5, 5.41) is 2.75. The van der Waals surface area contributed by atoms with Crippen LogP contribution in [0.2, 0.25) is 0 Å². The minimum atomic E-state index is -0.0347. The summed E-state index contributed by atoms with van der Waals surface area (Å²) < 4.78 is 3.59. The predicted molar refractivity (Wildman–Crippen MR) is 44.6 cm³/mol. The quantitative estimate of drug-likeness (QED) is 0.599. The second kappa shape index (κ2) is 3.38. The van der Waals surface area contributed by atoms with Gasteiger partial charge in [0.05, 0.1) is 14.1 Å². The number of aromatic nitrogens is 2. The van der Waals surface area contributed by atoms with E-state index >= 15 is 0 Å². The summed E-state index contributed by atoms with van der Waals surface area (Å²) in [6.45, 7) is 2.56. The van der Waals surface area contributed by atoms with Crippen molar-refractivity contribution in [1.82, 2.24) is 9.88 Å². The average Bonchev–Trinajstić information content (AvgIpc) is 2.32. The first kappa shape index (κ1) is 8.77. The Morgan fingerprint density at radius 3 is 2.83 bits per heavy atom. The molecule has 0 radical (unpaired) electrons. The van der Waals surface area contributed by atoms with Gasteiger partial charge in [-0.15, -0.1) is 0 Å². The molecule has 0 spiro atoms. The molecule has 1 aromatic heterocycles. The summed E-state index contributed by atoms with van der Waals surface area (Å²) in [6.07, 6.45) is 3.70. The maximum absolute atomic E-state index is 11.4. The SMILES string of the molecule is CCNC(=O)c1n(C)cc[n+]1C. The maximum atomic E-state index is 11.4. The Bertz CT molecular complexity index is 271. The third kappa shape index (κ3) is 1.47. The van der Waals surface area contributed by atoms with Gasteiger partial charge in [-0.2, -0.15) is 0 Å². The van der Waals surface area contributed by atoms with Gasteiger partial charge in [-0.25, -0.2) is 9.13 Å². The highest BCUT2D eigenvalue weighted by molar-refractivity contribution is 5.89. The van der Waals surface area contributed by atoms with Gasteiger partial charge in [-0.05, 0) is 6.92 Å². The van der Waals surface area contributed by atoms with Crippen LogP contribution in [0.3, 0.4) is 0 Å². The largest absolute Gasteiger partial charge is 0.347 e. The lowest BCUT2D eigenvalue weighted by Crippen LogP contribution is -2.40. The fourth-order valence-corrected chi connectivity index (χ4v) is 1.15. The molecule has 4 nitrogen and oxygen atoms in total. The van der Waals surface area contributed by atoms with Crippen LogP contribution < -0.4 is 9.88 Å². The molecule has 0 unspecified atom stereocenters. The van der Waals surface area contributed by atoms with Crippen LogP contribution in [0, 0.1) is 0 Å². The molecule has 0 saturated heterocycles. The van der Waals surface area contributed by atoms with Crippen molar-refractivity contribution >= 4 is 5.91 Å². The second-order valence-electron chi connectivity index (χ2n) is 2.70. The van der Waals surface area contributed by atoms with Crippen molar-refractivity contribution in [2.24, 2.45) is 14.1 Å². The first-order valence-corrected chi connectivity index (χ1v) is 3.96. The van der Waals surface area contributed by atoms with Crippen LogP contribution in [0.25, 0.3) is 0 Å². The van der Waals surface area contributed by atoms with Crippen LogP contribution in [0.5, 0.6) is 0 Å². The number of aryl methyl sites for hydroxylation is 2. The number of hydrogen-bond acceptors (Lipinski definition) is 1. The lowest BCUT2D eigenvalue weighted by atomic mass is 10.5. The van der Waals surface area contributed by atoms with Crippen molar-refractivity contribution in [1.29, 1.82) is 0 Å². The van der Waals surface area contributed by atoms with E-state index in [1.54, 1.807) is 9.13 Å². The van der Waals surface area contributed by atoms with Crippen molar-refractivity contribution in [2.75, 3.05) is 6.54 Å². The van der Waals surface area contributed by atoms with E-state index in [-0.39, 0.29) is 5.91 Å². The molecule has 66 valence electrons. The van der Waals surface area contributed by atoms with Crippen LogP contribution in [-0.2, 0) is 14.1 Å². The van der Waals surface area contributed by atoms with Gasteiger partial charge in [0.25, 0.3) is 0 Å². The van der Waals surface area contributed by atoms with Gasteiger partial charge in [-0.3, -0.25) is 4.79 Å². The summed E-state index contributed by atoms with van der Waals surface area (Å²) in [4.78, 5) is 11.4. The fraction of sp³-hybridized carbons (Fsp3) is 0.500. The molecule has 1 rings (SSSR count). The number of amides is 1. The highest BCUT2D eigenvalue weighted by atomic mass is 16.2. The Labute approximate surface area is 71.8 Å². The minimum absolute atomic E-state index is 0.0347. The number of carbonyl (C=O) groups excluding carboxylic acids is 1. The molecule has 4 heteroatoms. The fourth-order valence-electron chi connectivity index (χ4n) is 1.15. The zero-order valence-corrected chi connectivity index (χ0v) is 7.66. The molecule has 1 N–H and O–H groups in total. The van der Waals surface area contributed by atoms with Crippen molar-refractivity contribution in [3.05, 3.63) is 18.2 Å². The van der Waals surface area contributed by atoms with E-state index in [1.807, 2.05) is 33.4 Å². The molecule has 0 aliphatic carbocycles. The van der Waals surface area contributed by atoms with Crippen LogP contribution in [0.15, 0.2) is 12.4 Å². The lowest BCUT2D eigenvalue weighted by molar-refractivity contribution is -0.673. The van der Waals surface area contributed by atoms with E-state index in [1.165, 1.54) is 0 Å². The van der Waals surface area contributed by atoms with Gasteiger partial charge in [0.15, 0.2) is 0 Å². The molecule has 0 bridgehead atoms. The molecule has 0 aliphatic heterocycles. The maximum Gasteiger partial charge on any atom is 0.347 e. The van der Waals surface area contributed by atoms with Crippen LogP contribution in [0.4, 0.5) is 0 Å². The van der Waals surface area contributed by atoms with Crippen molar-refractivity contribution in [3.8, 4) is 0 Å². The topological polar surface area (TPSA) is 37.9 Å². The normalized spacial score (nSPS) is 9.92. The number of carbonyl (C=O) groups is 1. The van der Waals surface area contributed by atoms with Crippen LogP contribution in [-0.4, -0.2) is 17.0 Å². The van der Waals surface area contributed by atoms with Crippen LogP contribution in [0.1, 0.15) is 17.5 Å². The number of imidazole rings is 1. The van der Waals surface area contributed by atoms with E-state index in [0.29, 0.717) is 12.4 Å². The molecule has 1 amide bonds. The van der Waals surface area contributed by atoms with E-state index in [2.05, 4.69) is 5.32 Å². The summed E-state index contributed by atoms with van der Waals surface area (Å²) in [6, 6.07) is 0. The molecular weight excluding hydrogens is 154 g/mol. The lowest BCUT2D eigenvalue weighted by Gasteiger charge is -1.98. The van der Waals surface area contributed by atoms with Gasteiger partial charge < -0.3 is 5.32 Å². The molecule has 1 heterocycles. The molecular formula is C8H14N3O+. The Morgan fingerprint density at radius 1 is 1.75 bits per heavy atom. The summed E-state index contributed by atoms with van der Waals surface area (Å²) in [7, 11) is 3.70. The third-order valence-electron chi connectivity index (χ3n) is 1.72. The van der Waals surface area contributed by atoms with E-state index in [4.69, 9.17) is 0 Å². The van der Waals surface area contributed by atoms with E-state index < -0.39 is 0 Å². The van der Waals surface area contributed by atoms with Gasteiger partial charge in [-0.1, -0.05) is 0 Å². The summed E-state index contributed by atoms with van der Waals surface area (Å²) in [5.41, 5.74) is 0. The summed E-state index contributed by atoms with van der Waals surface area (Å²) >= 11 is 0. The van der Waals surface area contributed by atoms with Crippen molar-refractivity contribution < 1.29 is 9.36 Å². The second-order valence-corrected chi connectivity index (χ2v) is 2.70. The van der Waals surface area contributed by atoms with E-state index in [0.717, 1.165) is 0 Å². The van der Waals surface area contributed by atoms with Gasteiger partial charge in [0, 0.05) is 6.54 Å². The van der Waals surface area contributed by atoms with Gasteiger partial charge in [0.2, 0.25) is 0 Å². The number of rotatable bonds is 2. The van der Waals surface area contributed by atoms with E-state index in [9.17, 15) is 4.79 Å². The number of hydrogen-bond donors (Lipinski definition) is 1. The molecule has 0 aliphatic rings. The van der Waals surface area contributed by atoms with Crippen LogP contribution >= 0.6 is 0 Å². The monoisotopic (exact) mass is 168 g/mol. The zero-order valence-electron chi connectivity index (χ0n) is 7.66. The molecule has 1 aromatic rings. The van der Waals surface area contributed by atoms with Gasteiger partial charge >= 0.3 is 11.7 Å². The first-order chi connectivity index (χ1) is 5.66. The van der Waals surface area contributed by atoms with Crippen molar-refractivity contribution in [3.63, 3.8) is 0 Å². The molecule has 0 atom stereocenters. The predicted octanol–water partition coefficient (Wildman–Crippen LogP) is -0.401. The molecule has 0 aromatic carbocycles.